The second-order valence-corrected chi connectivity index (χ2v) is 5.48. The van der Waals surface area contributed by atoms with Crippen LogP contribution in [0.4, 0.5) is 0 Å². The summed E-state index contributed by atoms with van der Waals surface area (Å²) < 4.78 is -1.18. The summed E-state index contributed by atoms with van der Waals surface area (Å²) in [5, 5.41) is -0.571. The lowest BCUT2D eigenvalue weighted by Crippen LogP contribution is -2.20. The Balaban J connectivity index is 2.86. The zero-order chi connectivity index (χ0) is 9.19. The number of pyridine rings is 1. The Morgan fingerprint density at radius 3 is 2.50 bits per heavy atom. The van der Waals surface area contributed by atoms with Crippen LogP contribution in [0.25, 0.3) is 0 Å². The Hall–Kier alpha value is 0.237. The lowest BCUT2D eigenvalue weighted by molar-refractivity contribution is 0.915. The maximum atomic E-state index is 5.91. The summed E-state index contributed by atoms with van der Waals surface area (Å²) in [5.74, 6) is 0. The second kappa shape index (κ2) is 3.96. The van der Waals surface area contributed by atoms with Crippen LogP contribution in [0.2, 0.25) is 0 Å². The normalized spacial score (nSPS) is 14.3. The van der Waals surface area contributed by atoms with Crippen LogP contribution in [0.5, 0.6) is 0 Å². The fourth-order valence-corrected chi connectivity index (χ4v) is 1.21. The molecule has 0 aliphatic carbocycles. The molecule has 0 bridgehead atoms. The molecule has 1 aromatic rings. The molecule has 3 radical (unpaired) electrons. The lowest BCUT2D eigenvalue weighted by atomic mass is 10.3. The molecule has 0 aromatic carbocycles. The molecule has 0 fully saturated rings. The molecule has 1 unspecified atom stereocenters. The van der Waals surface area contributed by atoms with Crippen molar-refractivity contribution in [1.82, 2.24) is 4.98 Å². The Kier molecular flexibility index (Phi) is 3.41. The quantitative estimate of drug-likeness (QED) is 0.569. The molecule has 0 saturated carbocycles. The van der Waals surface area contributed by atoms with Gasteiger partial charge in [0.1, 0.15) is 9.33 Å². The molecule has 0 amide bonds. The SMILES string of the molecule is [Si]C(Cl)(Cl)C(Cl)c1ccccn1. The summed E-state index contributed by atoms with van der Waals surface area (Å²) in [6, 6.07) is 5.38. The van der Waals surface area contributed by atoms with Gasteiger partial charge in [-0.2, -0.15) is 0 Å². The van der Waals surface area contributed by atoms with Crippen molar-refractivity contribution >= 4 is 45.0 Å². The molecule has 0 aliphatic rings. The fraction of sp³-hybridized carbons (Fsp3) is 0.286. The molecular formula is C7H5Cl3NSi. The molecule has 1 heterocycles. The first-order chi connectivity index (χ1) is 5.52. The maximum absolute atomic E-state index is 5.91. The van der Waals surface area contributed by atoms with Crippen LogP contribution in [-0.4, -0.2) is 19.2 Å². The highest BCUT2D eigenvalue weighted by Crippen LogP contribution is 2.36. The summed E-state index contributed by atoms with van der Waals surface area (Å²) in [7, 11) is 3.09. The Labute approximate surface area is 89.5 Å². The van der Waals surface area contributed by atoms with Crippen molar-refractivity contribution in [2.75, 3.05) is 0 Å². The molecule has 1 rings (SSSR count). The summed E-state index contributed by atoms with van der Waals surface area (Å²) in [4.78, 5) is 4.01. The van der Waals surface area contributed by atoms with E-state index in [4.69, 9.17) is 34.8 Å². The molecule has 1 nitrogen and oxygen atoms in total. The monoisotopic (exact) mass is 236 g/mol. The minimum Gasteiger partial charge on any atom is -0.260 e. The number of rotatable bonds is 2. The Morgan fingerprint density at radius 2 is 2.08 bits per heavy atom. The molecule has 63 valence electrons. The number of hydrogen-bond donors (Lipinski definition) is 0. The third-order valence-electron chi connectivity index (χ3n) is 1.27. The van der Waals surface area contributed by atoms with Crippen molar-refractivity contribution in [3.8, 4) is 0 Å². The third-order valence-corrected chi connectivity index (χ3v) is 2.95. The van der Waals surface area contributed by atoms with E-state index in [1.165, 1.54) is 0 Å². The number of nitrogens with zero attached hydrogens (tertiary/aromatic N) is 1. The highest BCUT2D eigenvalue weighted by Gasteiger charge is 2.29. The topological polar surface area (TPSA) is 12.9 Å². The van der Waals surface area contributed by atoms with Crippen molar-refractivity contribution in [2.45, 2.75) is 9.33 Å². The number of alkyl halides is 3. The smallest absolute Gasteiger partial charge is 0.121 e. The van der Waals surface area contributed by atoms with Crippen molar-refractivity contribution in [1.29, 1.82) is 0 Å². The van der Waals surface area contributed by atoms with Gasteiger partial charge in [-0.1, -0.05) is 6.07 Å². The van der Waals surface area contributed by atoms with Gasteiger partial charge in [0.05, 0.1) is 15.9 Å². The van der Waals surface area contributed by atoms with Gasteiger partial charge in [-0.25, -0.2) is 0 Å². The summed E-state index contributed by atoms with van der Waals surface area (Å²) in [6.07, 6.45) is 1.64. The molecule has 1 atom stereocenters. The lowest BCUT2D eigenvalue weighted by Gasteiger charge is -2.19. The van der Waals surface area contributed by atoms with Crippen LogP contribution in [0.15, 0.2) is 24.4 Å². The van der Waals surface area contributed by atoms with Gasteiger partial charge in [-0.15, -0.1) is 34.8 Å². The summed E-state index contributed by atoms with van der Waals surface area (Å²) in [6.45, 7) is 0. The van der Waals surface area contributed by atoms with Crippen molar-refractivity contribution in [2.24, 2.45) is 0 Å². The molecule has 12 heavy (non-hydrogen) atoms. The molecule has 0 saturated heterocycles. The molecule has 5 heteroatoms. The third kappa shape index (κ3) is 2.63. The van der Waals surface area contributed by atoms with E-state index in [1.54, 1.807) is 18.3 Å². The number of hydrogen-bond acceptors (Lipinski definition) is 1. The van der Waals surface area contributed by atoms with Crippen molar-refractivity contribution in [3.63, 3.8) is 0 Å². The minimum atomic E-state index is -1.18. The number of aromatic nitrogens is 1. The average molecular weight is 238 g/mol. The van der Waals surface area contributed by atoms with Crippen LogP contribution < -0.4 is 0 Å². The van der Waals surface area contributed by atoms with E-state index in [0.717, 1.165) is 0 Å². The van der Waals surface area contributed by atoms with E-state index in [-0.39, 0.29) is 0 Å². The minimum absolute atomic E-state index is 0.571. The predicted molar refractivity (Wildman–Crippen MR) is 53.0 cm³/mol. The van der Waals surface area contributed by atoms with Crippen LogP contribution in [-0.2, 0) is 0 Å². The Bertz CT molecular complexity index is 247. The van der Waals surface area contributed by atoms with Gasteiger partial charge in [0.2, 0.25) is 0 Å². The molecule has 0 aliphatic heterocycles. The second-order valence-electron chi connectivity index (χ2n) is 2.24. The van der Waals surface area contributed by atoms with Gasteiger partial charge >= 0.3 is 0 Å². The van der Waals surface area contributed by atoms with Crippen LogP contribution in [0, 0.1) is 0 Å². The zero-order valence-electron chi connectivity index (χ0n) is 5.97. The first-order valence-electron chi connectivity index (χ1n) is 3.19. The van der Waals surface area contributed by atoms with Gasteiger partial charge < -0.3 is 0 Å². The van der Waals surface area contributed by atoms with Crippen LogP contribution in [0.3, 0.4) is 0 Å². The zero-order valence-corrected chi connectivity index (χ0v) is 9.24. The Morgan fingerprint density at radius 1 is 1.42 bits per heavy atom. The molecule has 1 aromatic heterocycles. The van der Waals surface area contributed by atoms with E-state index in [0.29, 0.717) is 5.69 Å². The van der Waals surface area contributed by atoms with Crippen molar-refractivity contribution < 1.29 is 0 Å². The van der Waals surface area contributed by atoms with Gasteiger partial charge in [0, 0.05) is 6.20 Å². The standard InChI is InChI=1S/C7H5Cl3NSi/c8-6(7(9,10)12)5-3-1-2-4-11-5/h1-4,6H. The van der Waals surface area contributed by atoms with Gasteiger partial charge in [-0.3, -0.25) is 4.98 Å². The van der Waals surface area contributed by atoms with E-state index in [2.05, 4.69) is 15.2 Å². The number of halogens is 3. The fourth-order valence-electron chi connectivity index (χ4n) is 0.712. The van der Waals surface area contributed by atoms with E-state index >= 15 is 0 Å². The average Bonchev–Trinajstić information content (AvgIpc) is 2.03. The van der Waals surface area contributed by atoms with Gasteiger partial charge in [0.15, 0.2) is 0 Å². The summed E-state index contributed by atoms with van der Waals surface area (Å²) in [5.41, 5.74) is 0.638. The van der Waals surface area contributed by atoms with Crippen LogP contribution >= 0.6 is 34.8 Å². The van der Waals surface area contributed by atoms with Gasteiger partial charge in [0.25, 0.3) is 0 Å². The summed E-state index contributed by atoms with van der Waals surface area (Å²) >= 11 is 17.4. The van der Waals surface area contributed by atoms with Crippen LogP contribution in [0.1, 0.15) is 11.1 Å². The maximum Gasteiger partial charge on any atom is 0.121 e. The predicted octanol–water partition coefficient (Wildman–Crippen LogP) is 2.66. The van der Waals surface area contributed by atoms with Gasteiger partial charge in [-0.05, 0) is 12.1 Å². The molecule has 0 spiro atoms. The van der Waals surface area contributed by atoms with E-state index in [1.807, 2.05) is 6.07 Å². The van der Waals surface area contributed by atoms with Crippen molar-refractivity contribution in [3.05, 3.63) is 30.1 Å². The highest BCUT2D eigenvalue weighted by molar-refractivity contribution is 6.67. The van der Waals surface area contributed by atoms with E-state index < -0.39 is 9.33 Å². The first-order valence-corrected chi connectivity index (χ1v) is 4.89. The molecular weight excluding hydrogens is 233 g/mol. The van der Waals surface area contributed by atoms with E-state index in [9.17, 15) is 0 Å². The first kappa shape index (κ1) is 10.3. The largest absolute Gasteiger partial charge is 0.260 e. The molecule has 0 N–H and O–H groups in total. The highest BCUT2D eigenvalue weighted by atomic mass is 35.5.